The maximum atomic E-state index is 12.0. The van der Waals surface area contributed by atoms with Gasteiger partial charge in [0.2, 0.25) is 0 Å². The fourth-order valence-electron chi connectivity index (χ4n) is 1.44. The summed E-state index contributed by atoms with van der Waals surface area (Å²) in [6.07, 6.45) is 0.305. The van der Waals surface area contributed by atoms with E-state index in [4.69, 9.17) is 17.3 Å². The Bertz CT molecular complexity index is 565. The van der Waals surface area contributed by atoms with E-state index >= 15 is 0 Å². The molecule has 2 rings (SSSR count). The van der Waals surface area contributed by atoms with Crippen LogP contribution < -0.4 is 5.73 Å². The minimum atomic E-state index is 0.00252. The Hall–Kier alpha value is -1.39. The topological polar surface area (TPSA) is 56.0 Å². The van der Waals surface area contributed by atoms with Crippen molar-refractivity contribution in [3.05, 3.63) is 44.9 Å². The van der Waals surface area contributed by atoms with Crippen LogP contribution in [0.3, 0.4) is 0 Å². The summed E-state index contributed by atoms with van der Waals surface area (Å²) >= 11 is 7.29. The van der Waals surface area contributed by atoms with Gasteiger partial charge in [-0.25, -0.2) is 4.98 Å². The van der Waals surface area contributed by atoms with Gasteiger partial charge in [-0.15, -0.1) is 11.3 Å². The number of carbonyl (C=O) groups is 1. The van der Waals surface area contributed by atoms with E-state index < -0.39 is 0 Å². The largest absolute Gasteiger partial charge is 0.398 e. The van der Waals surface area contributed by atoms with Gasteiger partial charge >= 0.3 is 0 Å². The highest BCUT2D eigenvalue weighted by atomic mass is 35.5. The highest BCUT2D eigenvalue weighted by Gasteiger charge is 2.10. The number of hydrogen-bond acceptors (Lipinski definition) is 4. The predicted octanol–water partition coefficient (Wildman–Crippen LogP) is 3.11. The number of nitrogens with two attached hydrogens (primary N) is 1. The number of anilines is 1. The van der Waals surface area contributed by atoms with Crippen LogP contribution in [-0.2, 0) is 6.42 Å². The third kappa shape index (κ3) is 2.84. The third-order valence-electron chi connectivity index (χ3n) is 2.30. The van der Waals surface area contributed by atoms with Crippen LogP contribution in [0.2, 0.25) is 5.02 Å². The molecule has 2 N–H and O–H groups in total. The predicted molar refractivity (Wildman–Crippen MR) is 70.7 cm³/mol. The van der Waals surface area contributed by atoms with Crippen LogP contribution in [0.5, 0.6) is 0 Å². The van der Waals surface area contributed by atoms with E-state index in [1.54, 1.807) is 18.2 Å². The van der Waals surface area contributed by atoms with E-state index in [2.05, 4.69) is 4.98 Å². The number of benzene rings is 1. The van der Waals surface area contributed by atoms with Gasteiger partial charge in [0.05, 0.1) is 17.1 Å². The summed E-state index contributed by atoms with van der Waals surface area (Å²) in [4.78, 5) is 16.2. The number of halogens is 1. The lowest BCUT2D eigenvalue weighted by Crippen LogP contribution is -2.04. The van der Waals surface area contributed by atoms with Crippen molar-refractivity contribution in [2.75, 3.05) is 5.73 Å². The van der Waals surface area contributed by atoms with Crippen LogP contribution in [0.25, 0.3) is 0 Å². The molecule has 1 heterocycles. The van der Waals surface area contributed by atoms with Crippen molar-refractivity contribution in [3.63, 3.8) is 0 Å². The number of nitrogen functional groups attached to an aromatic ring is 1. The van der Waals surface area contributed by atoms with Crippen LogP contribution >= 0.6 is 22.9 Å². The number of hydrogen-bond donors (Lipinski definition) is 1. The molecule has 0 radical (unpaired) electrons. The SMILES string of the molecule is Cc1csc(CC(=O)c2ccc(Cl)c(N)c2)n1. The maximum absolute atomic E-state index is 12.0. The fourth-order valence-corrected chi connectivity index (χ4v) is 2.33. The average Bonchev–Trinajstić information content (AvgIpc) is 2.68. The lowest BCUT2D eigenvalue weighted by molar-refractivity contribution is 0.0993. The van der Waals surface area contributed by atoms with E-state index in [1.807, 2.05) is 12.3 Å². The van der Waals surface area contributed by atoms with E-state index in [0.29, 0.717) is 22.7 Å². The second-order valence-electron chi connectivity index (χ2n) is 3.72. The molecule has 0 atom stereocenters. The lowest BCUT2D eigenvalue weighted by Gasteiger charge is -2.02. The van der Waals surface area contributed by atoms with E-state index in [-0.39, 0.29) is 5.78 Å². The molecular formula is C12H11ClN2OS. The summed E-state index contributed by atoms with van der Waals surface area (Å²) in [5.74, 6) is 0.00252. The number of aryl methyl sites for hydroxylation is 1. The van der Waals surface area contributed by atoms with Gasteiger partial charge in [0, 0.05) is 16.6 Å². The van der Waals surface area contributed by atoms with Crippen molar-refractivity contribution >= 4 is 34.4 Å². The molecule has 88 valence electrons. The van der Waals surface area contributed by atoms with Gasteiger partial charge < -0.3 is 5.73 Å². The zero-order valence-electron chi connectivity index (χ0n) is 9.24. The first kappa shape index (κ1) is 12.1. The van der Waals surface area contributed by atoms with E-state index in [0.717, 1.165) is 10.7 Å². The van der Waals surface area contributed by atoms with Gasteiger partial charge in [-0.1, -0.05) is 11.6 Å². The molecule has 0 aliphatic carbocycles. The molecule has 0 fully saturated rings. The second kappa shape index (κ2) is 4.85. The summed E-state index contributed by atoms with van der Waals surface area (Å²) in [6.45, 7) is 1.91. The first-order valence-electron chi connectivity index (χ1n) is 5.05. The molecule has 17 heavy (non-hydrogen) atoms. The first-order valence-corrected chi connectivity index (χ1v) is 6.31. The summed E-state index contributed by atoms with van der Waals surface area (Å²) in [5.41, 5.74) is 7.59. The molecule has 0 aliphatic rings. The summed E-state index contributed by atoms with van der Waals surface area (Å²) in [6, 6.07) is 4.92. The standard InChI is InChI=1S/C12H11ClN2OS/c1-7-6-17-12(15-7)5-11(16)8-2-3-9(13)10(14)4-8/h2-4,6H,5,14H2,1H3. The smallest absolute Gasteiger partial charge is 0.169 e. The van der Waals surface area contributed by atoms with Crippen LogP contribution in [0.15, 0.2) is 23.6 Å². The van der Waals surface area contributed by atoms with Gasteiger partial charge in [-0.3, -0.25) is 4.79 Å². The molecule has 0 unspecified atom stereocenters. The third-order valence-corrected chi connectivity index (χ3v) is 3.61. The highest BCUT2D eigenvalue weighted by molar-refractivity contribution is 7.09. The summed E-state index contributed by atoms with van der Waals surface area (Å²) in [7, 11) is 0. The van der Waals surface area contributed by atoms with Gasteiger partial charge in [0.15, 0.2) is 5.78 Å². The number of thiazole rings is 1. The lowest BCUT2D eigenvalue weighted by atomic mass is 10.1. The molecule has 0 aliphatic heterocycles. The fraction of sp³-hybridized carbons (Fsp3) is 0.167. The quantitative estimate of drug-likeness (QED) is 0.686. The number of Topliss-reactive ketones (excluding diaryl/α,β-unsaturated/α-hetero) is 1. The molecule has 3 nitrogen and oxygen atoms in total. The number of carbonyl (C=O) groups excluding carboxylic acids is 1. The minimum Gasteiger partial charge on any atom is -0.398 e. The summed E-state index contributed by atoms with van der Waals surface area (Å²) in [5, 5.41) is 3.21. The highest BCUT2D eigenvalue weighted by Crippen LogP contribution is 2.21. The number of aromatic nitrogens is 1. The Morgan fingerprint density at radius 3 is 2.88 bits per heavy atom. The van der Waals surface area contributed by atoms with Gasteiger partial charge in [0.1, 0.15) is 5.01 Å². The van der Waals surface area contributed by atoms with Crippen LogP contribution in [0.1, 0.15) is 21.1 Å². The van der Waals surface area contributed by atoms with Gasteiger partial charge in [-0.2, -0.15) is 0 Å². The van der Waals surface area contributed by atoms with Crippen molar-refractivity contribution in [2.45, 2.75) is 13.3 Å². The zero-order valence-corrected chi connectivity index (χ0v) is 10.8. The Balaban J connectivity index is 2.17. The second-order valence-corrected chi connectivity index (χ2v) is 5.07. The molecule has 1 aromatic heterocycles. The molecular weight excluding hydrogens is 256 g/mol. The van der Waals surface area contributed by atoms with Crippen LogP contribution in [-0.4, -0.2) is 10.8 Å². The molecule has 2 aromatic rings. The molecule has 1 aromatic carbocycles. The van der Waals surface area contributed by atoms with E-state index in [1.165, 1.54) is 11.3 Å². The normalized spacial score (nSPS) is 10.5. The summed E-state index contributed by atoms with van der Waals surface area (Å²) < 4.78 is 0. The first-order chi connectivity index (χ1) is 8.06. The Morgan fingerprint density at radius 1 is 1.53 bits per heavy atom. The molecule has 0 saturated heterocycles. The number of ketones is 1. The Kier molecular flexibility index (Phi) is 3.45. The van der Waals surface area contributed by atoms with Crippen LogP contribution in [0.4, 0.5) is 5.69 Å². The minimum absolute atomic E-state index is 0.00252. The molecule has 0 bridgehead atoms. The zero-order chi connectivity index (χ0) is 12.4. The van der Waals surface area contributed by atoms with Crippen molar-refractivity contribution in [1.82, 2.24) is 4.98 Å². The monoisotopic (exact) mass is 266 g/mol. The molecule has 5 heteroatoms. The van der Waals surface area contributed by atoms with E-state index in [9.17, 15) is 4.79 Å². The van der Waals surface area contributed by atoms with Crippen molar-refractivity contribution in [2.24, 2.45) is 0 Å². The Labute approximate surface area is 108 Å². The van der Waals surface area contributed by atoms with Crippen molar-refractivity contribution in [1.29, 1.82) is 0 Å². The number of nitrogens with zero attached hydrogens (tertiary/aromatic N) is 1. The average molecular weight is 267 g/mol. The van der Waals surface area contributed by atoms with Gasteiger partial charge in [0.25, 0.3) is 0 Å². The molecule has 0 saturated carbocycles. The van der Waals surface area contributed by atoms with Crippen molar-refractivity contribution in [3.8, 4) is 0 Å². The number of rotatable bonds is 3. The van der Waals surface area contributed by atoms with Gasteiger partial charge in [-0.05, 0) is 25.1 Å². The van der Waals surface area contributed by atoms with Crippen LogP contribution in [0, 0.1) is 6.92 Å². The molecule has 0 amide bonds. The molecule has 0 spiro atoms. The van der Waals surface area contributed by atoms with Crippen molar-refractivity contribution < 1.29 is 4.79 Å². The maximum Gasteiger partial charge on any atom is 0.169 e. The Morgan fingerprint density at radius 2 is 2.29 bits per heavy atom.